The molecule has 0 saturated heterocycles. The van der Waals surface area contributed by atoms with Crippen LogP contribution in [-0.2, 0) is 4.79 Å². The van der Waals surface area contributed by atoms with Crippen LogP contribution in [0.5, 0.6) is 0 Å². The first-order valence-corrected chi connectivity index (χ1v) is 4.89. The van der Waals surface area contributed by atoms with Crippen molar-refractivity contribution in [3.05, 3.63) is 11.4 Å². The van der Waals surface area contributed by atoms with E-state index in [-0.39, 0.29) is 6.54 Å². The molecule has 17 heavy (non-hydrogen) atoms. The van der Waals surface area contributed by atoms with E-state index in [2.05, 4.69) is 20.8 Å². The van der Waals surface area contributed by atoms with Crippen LogP contribution in [-0.4, -0.2) is 45.1 Å². The minimum atomic E-state index is -1.62. The molecule has 1 heterocycles. The second kappa shape index (κ2) is 5.30. The maximum absolute atomic E-state index is 11.4. The number of aliphatic hydroxyl groups excluding tert-OH is 1. The number of aromatic nitrogens is 2. The van der Waals surface area contributed by atoms with Gasteiger partial charge in [0.25, 0.3) is 0 Å². The number of aliphatic carboxylic acids is 1. The van der Waals surface area contributed by atoms with Crippen molar-refractivity contribution in [2.24, 2.45) is 0 Å². The third-order valence-electron chi connectivity index (χ3n) is 2.11. The van der Waals surface area contributed by atoms with Crippen LogP contribution < -0.4 is 10.6 Å². The Kier molecular flexibility index (Phi) is 4.05. The SMILES string of the molecule is Cc1n[nH]c(C)c1NC(=O)NCC(O)C(=O)O. The minimum Gasteiger partial charge on any atom is -0.479 e. The van der Waals surface area contributed by atoms with E-state index in [0.29, 0.717) is 17.1 Å². The van der Waals surface area contributed by atoms with Crippen LogP contribution in [0, 0.1) is 13.8 Å². The molecule has 0 fully saturated rings. The van der Waals surface area contributed by atoms with Gasteiger partial charge in [-0.05, 0) is 13.8 Å². The molecule has 1 rings (SSSR count). The van der Waals surface area contributed by atoms with E-state index < -0.39 is 18.1 Å². The second-order valence-electron chi connectivity index (χ2n) is 3.50. The number of H-pyrrole nitrogens is 1. The molecule has 94 valence electrons. The van der Waals surface area contributed by atoms with Gasteiger partial charge in [-0.25, -0.2) is 9.59 Å². The number of aromatic amines is 1. The van der Waals surface area contributed by atoms with E-state index in [1.54, 1.807) is 13.8 Å². The predicted octanol–water partition coefficient (Wildman–Crippen LogP) is -0.406. The molecule has 0 aliphatic heterocycles. The molecule has 0 bridgehead atoms. The molecule has 8 nitrogen and oxygen atoms in total. The van der Waals surface area contributed by atoms with Crippen LogP contribution in [0.25, 0.3) is 0 Å². The summed E-state index contributed by atoms with van der Waals surface area (Å²) in [6.07, 6.45) is -1.62. The van der Waals surface area contributed by atoms with E-state index in [9.17, 15) is 9.59 Å². The molecule has 2 amide bonds. The van der Waals surface area contributed by atoms with Gasteiger partial charge >= 0.3 is 12.0 Å². The number of hydrogen-bond acceptors (Lipinski definition) is 4. The van der Waals surface area contributed by atoms with Crippen molar-refractivity contribution < 1.29 is 19.8 Å². The van der Waals surface area contributed by atoms with Gasteiger partial charge in [0.1, 0.15) is 0 Å². The molecule has 1 aromatic rings. The van der Waals surface area contributed by atoms with E-state index in [1.165, 1.54) is 0 Å². The first-order valence-electron chi connectivity index (χ1n) is 4.89. The van der Waals surface area contributed by atoms with Crippen molar-refractivity contribution in [2.75, 3.05) is 11.9 Å². The number of hydrogen-bond donors (Lipinski definition) is 5. The van der Waals surface area contributed by atoms with Gasteiger partial charge in [-0.1, -0.05) is 0 Å². The lowest BCUT2D eigenvalue weighted by molar-refractivity contribution is -0.146. The lowest BCUT2D eigenvalue weighted by Crippen LogP contribution is -2.38. The van der Waals surface area contributed by atoms with E-state index in [1.807, 2.05) is 0 Å². The highest BCUT2D eigenvalue weighted by Gasteiger charge is 2.15. The summed E-state index contributed by atoms with van der Waals surface area (Å²) in [4.78, 5) is 21.7. The summed E-state index contributed by atoms with van der Waals surface area (Å²) in [6.45, 7) is 3.09. The van der Waals surface area contributed by atoms with Gasteiger partial charge in [0.15, 0.2) is 6.10 Å². The summed E-state index contributed by atoms with van der Waals surface area (Å²) in [5.41, 5.74) is 1.85. The normalized spacial score (nSPS) is 11.9. The molecule has 0 saturated carbocycles. The molecule has 1 atom stereocenters. The number of anilines is 1. The smallest absolute Gasteiger partial charge is 0.334 e. The molecule has 1 unspecified atom stereocenters. The number of nitrogens with zero attached hydrogens (tertiary/aromatic N) is 1. The lowest BCUT2D eigenvalue weighted by Gasteiger charge is -2.09. The lowest BCUT2D eigenvalue weighted by atomic mass is 10.3. The maximum Gasteiger partial charge on any atom is 0.334 e. The fourth-order valence-corrected chi connectivity index (χ4v) is 1.17. The molecule has 5 N–H and O–H groups in total. The van der Waals surface area contributed by atoms with Crippen molar-refractivity contribution in [3.8, 4) is 0 Å². The van der Waals surface area contributed by atoms with E-state index in [4.69, 9.17) is 10.2 Å². The Morgan fingerprint density at radius 3 is 2.59 bits per heavy atom. The Bertz CT molecular complexity index is 409. The zero-order chi connectivity index (χ0) is 13.0. The Hall–Kier alpha value is -2.09. The van der Waals surface area contributed by atoms with Crippen LogP contribution in [0.3, 0.4) is 0 Å². The summed E-state index contributed by atoms with van der Waals surface area (Å²) in [5, 5.41) is 28.7. The number of aliphatic hydroxyl groups is 1. The van der Waals surface area contributed by atoms with Gasteiger partial charge in [0.05, 0.1) is 23.6 Å². The number of carbonyl (C=O) groups excluding carboxylic acids is 1. The molecule has 0 spiro atoms. The van der Waals surface area contributed by atoms with Crippen molar-refractivity contribution in [2.45, 2.75) is 20.0 Å². The summed E-state index contributed by atoms with van der Waals surface area (Å²) < 4.78 is 0. The summed E-state index contributed by atoms with van der Waals surface area (Å²) in [5.74, 6) is -1.39. The van der Waals surface area contributed by atoms with Gasteiger partial charge in [-0.15, -0.1) is 0 Å². The highest BCUT2D eigenvalue weighted by Crippen LogP contribution is 2.15. The number of carboxylic acids is 1. The van der Waals surface area contributed by atoms with Crippen molar-refractivity contribution in [1.29, 1.82) is 0 Å². The maximum atomic E-state index is 11.4. The summed E-state index contributed by atoms with van der Waals surface area (Å²) >= 11 is 0. The molecular weight excluding hydrogens is 228 g/mol. The number of amides is 2. The monoisotopic (exact) mass is 242 g/mol. The fourth-order valence-electron chi connectivity index (χ4n) is 1.17. The van der Waals surface area contributed by atoms with Crippen LogP contribution in [0.1, 0.15) is 11.4 Å². The molecule has 0 radical (unpaired) electrons. The Morgan fingerprint density at radius 1 is 1.47 bits per heavy atom. The standard InChI is InChI=1S/C9H14N4O4/c1-4-7(5(2)13-12-4)11-9(17)10-3-6(14)8(15)16/h6,14H,3H2,1-2H3,(H,12,13)(H,15,16)(H2,10,11,17). The summed E-state index contributed by atoms with van der Waals surface area (Å²) in [6, 6.07) is -0.599. The Morgan fingerprint density at radius 2 is 2.12 bits per heavy atom. The molecule has 0 aliphatic rings. The number of carboxylic acid groups (broad SMARTS) is 1. The van der Waals surface area contributed by atoms with Gasteiger partial charge in [0.2, 0.25) is 0 Å². The van der Waals surface area contributed by atoms with E-state index in [0.717, 1.165) is 0 Å². The predicted molar refractivity (Wildman–Crippen MR) is 58.7 cm³/mol. The first-order chi connectivity index (χ1) is 7.91. The minimum absolute atomic E-state index is 0.364. The van der Waals surface area contributed by atoms with Gasteiger partial charge in [-0.3, -0.25) is 5.10 Å². The van der Waals surface area contributed by atoms with Crippen molar-refractivity contribution in [3.63, 3.8) is 0 Å². The third-order valence-corrected chi connectivity index (χ3v) is 2.11. The highest BCUT2D eigenvalue weighted by atomic mass is 16.4. The molecule has 8 heteroatoms. The van der Waals surface area contributed by atoms with Crippen molar-refractivity contribution >= 4 is 17.7 Å². The van der Waals surface area contributed by atoms with Gasteiger partial charge < -0.3 is 20.8 Å². The van der Waals surface area contributed by atoms with Crippen LogP contribution >= 0.6 is 0 Å². The van der Waals surface area contributed by atoms with Crippen molar-refractivity contribution in [1.82, 2.24) is 15.5 Å². The third kappa shape index (κ3) is 3.45. The van der Waals surface area contributed by atoms with Gasteiger partial charge in [0, 0.05) is 0 Å². The van der Waals surface area contributed by atoms with Crippen LogP contribution in [0.4, 0.5) is 10.5 Å². The van der Waals surface area contributed by atoms with Crippen LogP contribution in [0.2, 0.25) is 0 Å². The number of carbonyl (C=O) groups is 2. The average Bonchev–Trinajstić information content (AvgIpc) is 2.57. The molecule has 0 aromatic carbocycles. The second-order valence-corrected chi connectivity index (χ2v) is 3.50. The highest BCUT2D eigenvalue weighted by molar-refractivity contribution is 5.90. The zero-order valence-corrected chi connectivity index (χ0v) is 9.44. The van der Waals surface area contributed by atoms with Crippen LogP contribution in [0.15, 0.2) is 0 Å². The Labute approximate surface area is 97.0 Å². The topological polar surface area (TPSA) is 127 Å². The number of nitrogens with one attached hydrogen (secondary N) is 3. The van der Waals surface area contributed by atoms with Gasteiger partial charge in [-0.2, -0.15) is 5.10 Å². The molecule has 0 aliphatic carbocycles. The largest absolute Gasteiger partial charge is 0.479 e. The molecular formula is C9H14N4O4. The first kappa shape index (κ1) is 13.0. The average molecular weight is 242 g/mol. The number of rotatable bonds is 4. The zero-order valence-electron chi connectivity index (χ0n) is 9.44. The Balaban J connectivity index is 2.48. The fraction of sp³-hybridized carbons (Fsp3) is 0.444. The number of aryl methyl sites for hydroxylation is 2. The summed E-state index contributed by atoms with van der Waals surface area (Å²) in [7, 11) is 0. The quantitative estimate of drug-likeness (QED) is 0.490. The molecule has 1 aromatic heterocycles. The number of urea groups is 1. The van der Waals surface area contributed by atoms with E-state index >= 15 is 0 Å².